The van der Waals surface area contributed by atoms with Crippen molar-refractivity contribution >= 4 is 11.6 Å². The van der Waals surface area contributed by atoms with Crippen LogP contribution in [-0.4, -0.2) is 25.4 Å². The number of nitrogens with zero attached hydrogens (tertiary/aromatic N) is 4. The Labute approximate surface area is 98.9 Å². The van der Waals surface area contributed by atoms with E-state index in [2.05, 4.69) is 22.0 Å². The maximum Gasteiger partial charge on any atom is 0.252 e. The number of aromatic nitrogens is 4. The second-order valence-corrected chi connectivity index (χ2v) is 4.66. The summed E-state index contributed by atoms with van der Waals surface area (Å²) in [5.74, 6) is 1.91. The first-order valence-electron chi connectivity index (χ1n) is 5.95. The van der Waals surface area contributed by atoms with Gasteiger partial charge in [0.2, 0.25) is 0 Å². The molecule has 0 bridgehead atoms. The van der Waals surface area contributed by atoms with Gasteiger partial charge in [-0.1, -0.05) is 13.8 Å². The molecule has 88 valence electrons. The lowest BCUT2D eigenvalue weighted by Gasteiger charge is -2.18. The zero-order valence-electron chi connectivity index (χ0n) is 9.97. The molecular weight excluding hydrogens is 216 g/mol. The summed E-state index contributed by atoms with van der Waals surface area (Å²) in [6.45, 7) is 4.08. The molecule has 0 spiro atoms. The van der Waals surface area contributed by atoms with Crippen LogP contribution in [0.2, 0.25) is 0 Å². The number of hydrogen-bond acceptors (Lipinski definition) is 4. The summed E-state index contributed by atoms with van der Waals surface area (Å²) in [7, 11) is 0. The maximum atomic E-state index is 11.9. The predicted octanol–water partition coefficient (Wildman–Crippen LogP) is 1.45. The highest BCUT2D eigenvalue weighted by atomic mass is 16.1. The third-order valence-corrected chi connectivity index (χ3v) is 3.15. The van der Waals surface area contributed by atoms with E-state index in [1.165, 1.54) is 0 Å². The van der Waals surface area contributed by atoms with E-state index in [-0.39, 0.29) is 5.78 Å². The topological polar surface area (TPSA) is 60.1 Å². The molecule has 2 heterocycles. The molecule has 0 radical (unpaired) electrons. The van der Waals surface area contributed by atoms with E-state index >= 15 is 0 Å². The highest BCUT2D eigenvalue weighted by molar-refractivity contribution is 5.98. The molecule has 1 atom stereocenters. The Morgan fingerprint density at radius 1 is 1.41 bits per heavy atom. The Morgan fingerprint density at radius 2 is 2.24 bits per heavy atom. The summed E-state index contributed by atoms with van der Waals surface area (Å²) in [5, 5.41) is 4.28. The van der Waals surface area contributed by atoms with Crippen LogP contribution >= 0.6 is 0 Å². The fourth-order valence-corrected chi connectivity index (χ4v) is 2.27. The zero-order chi connectivity index (χ0) is 12.0. The molecule has 1 aliphatic carbocycles. The summed E-state index contributed by atoms with van der Waals surface area (Å²) in [4.78, 5) is 20.7. The molecule has 0 N–H and O–H groups in total. The molecule has 2 aromatic heterocycles. The van der Waals surface area contributed by atoms with Crippen molar-refractivity contribution in [3.05, 3.63) is 23.3 Å². The third kappa shape index (κ3) is 1.62. The van der Waals surface area contributed by atoms with Gasteiger partial charge in [-0.25, -0.2) is 9.50 Å². The second kappa shape index (κ2) is 3.61. The molecule has 0 aromatic carbocycles. The Hall–Kier alpha value is -1.78. The van der Waals surface area contributed by atoms with Gasteiger partial charge < -0.3 is 0 Å². The van der Waals surface area contributed by atoms with Crippen LogP contribution in [0, 0.1) is 5.92 Å². The van der Waals surface area contributed by atoms with Crippen LogP contribution in [0.25, 0.3) is 5.78 Å². The summed E-state index contributed by atoms with van der Waals surface area (Å²) in [5.41, 5.74) is 1.58. The Bertz CT molecular complexity index is 602. The van der Waals surface area contributed by atoms with Crippen LogP contribution in [-0.2, 0) is 12.8 Å². The smallest absolute Gasteiger partial charge is 0.252 e. The van der Waals surface area contributed by atoms with Crippen molar-refractivity contribution in [3.8, 4) is 0 Å². The van der Waals surface area contributed by atoms with E-state index in [0.717, 1.165) is 24.4 Å². The maximum absolute atomic E-state index is 11.9. The minimum atomic E-state index is 0.168. The minimum Gasteiger partial charge on any atom is -0.294 e. The molecule has 2 aromatic rings. The van der Waals surface area contributed by atoms with Crippen molar-refractivity contribution < 1.29 is 4.79 Å². The number of rotatable bonds is 1. The van der Waals surface area contributed by atoms with Crippen LogP contribution in [0.1, 0.15) is 42.1 Å². The molecule has 5 nitrogen and oxygen atoms in total. The minimum absolute atomic E-state index is 0.168. The van der Waals surface area contributed by atoms with Crippen LogP contribution in [0.3, 0.4) is 0 Å². The molecule has 0 fully saturated rings. The first-order chi connectivity index (χ1) is 8.17. The van der Waals surface area contributed by atoms with Crippen LogP contribution in [0.15, 0.2) is 6.20 Å². The number of aryl methyl sites for hydroxylation is 1. The van der Waals surface area contributed by atoms with E-state index in [1.54, 1.807) is 10.7 Å². The van der Waals surface area contributed by atoms with Crippen molar-refractivity contribution in [3.63, 3.8) is 0 Å². The molecule has 0 amide bonds. The highest BCUT2D eigenvalue weighted by Gasteiger charge is 2.24. The van der Waals surface area contributed by atoms with Gasteiger partial charge in [0.05, 0.1) is 11.3 Å². The van der Waals surface area contributed by atoms with E-state index in [4.69, 9.17) is 0 Å². The quantitative estimate of drug-likeness (QED) is 0.744. The molecule has 17 heavy (non-hydrogen) atoms. The number of Topliss-reactive ketones (excluding diaryl/α,β-unsaturated/α-hetero) is 1. The number of hydrogen-bond donors (Lipinski definition) is 0. The molecule has 0 saturated carbocycles. The van der Waals surface area contributed by atoms with Gasteiger partial charge in [0.1, 0.15) is 0 Å². The van der Waals surface area contributed by atoms with E-state index in [1.807, 2.05) is 6.92 Å². The predicted molar refractivity (Wildman–Crippen MR) is 62.0 cm³/mol. The second-order valence-electron chi connectivity index (χ2n) is 4.66. The lowest BCUT2D eigenvalue weighted by Crippen LogP contribution is -2.20. The van der Waals surface area contributed by atoms with E-state index < -0.39 is 0 Å². The first kappa shape index (κ1) is 10.4. The van der Waals surface area contributed by atoms with Gasteiger partial charge in [-0.3, -0.25) is 4.79 Å². The van der Waals surface area contributed by atoms with Crippen LogP contribution < -0.4 is 0 Å². The molecular formula is C12H14N4O. The number of ketones is 1. The van der Waals surface area contributed by atoms with Crippen molar-refractivity contribution in [2.24, 2.45) is 5.92 Å². The Kier molecular flexibility index (Phi) is 2.21. The number of fused-ring (bicyclic) bond motifs is 2. The molecule has 1 aliphatic rings. The summed E-state index contributed by atoms with van der Waals surface area (Å²) in [6, 6.07) is 0. The van der Waals surface area contributed by atoms with Crippen molar-refractivity contribution in [1.82, 2.24) is 19.6 Å². The molecule has 0 aliphatic heterocycles. The molecule has 0 saturated heterocycles. The standard InChI is InChI=1S/C12H14N4O/c1-3-11-14-12-13-9-4-7(2)5-10(17)8(9)6-16(12)15-11/h6-7H,3-5H2,1-2H3/t7-/m0/s1. The SMILES string of the molecule is CCc1nc2nc3c(cn2n1)C(=O)C[C@@H](C)C3. The van der Waals surface area contributed by atoms with Crippen LogP contribution in [0.5, 0.6) is 0 Å². The van der Waals surface area contributed by atoms with Gasteiger partial charge >= 0.3 is 0 Å². The zero-order valence-corrected chi connectivity index (χ0v) is 9.97. The van der Waals surface area contributed by atoms with Crippen LogP contribution in [0.4, 0.5) is 0 Å². The third-order valence-electron chi connectivity index (χ3n) is 3.15. The summed E-state index contributed by atoms with van der Waals surface area (Å²) in [6.07, 6.45) is 4.01. The number of carbonyl (C=O) groups excluding carboxylic acids is 1. The fourth-order valence-electron chi connectivity index (χ4n) is 2.27. The Balaban J connectivity index is 2.20. The molecule has 5 heteroatoms. The van der Waals surface area contributed by atoms with Gasteiger partial charge in [-0.05, 0) is 12.3 Å². The lowest BCUT2D eigenvalue weighted by atomic mass is 9.88. The van der Waals surface area contributed by atoms with Crippen molar-refractivity contribution in [2.75, 3.05) is 0 Å². The average molecular weight is 230 g/mol. The summed E-state index contributed by atoms with van der Waals surface area (Å²) < 4.78 is 1.62. The number of carbonyl (C=O) groups is 1. The van der Waals surface area contributed by atoms with E-state index in [0.29, 0.717) is 23.7 Å². The van der Waals surface area contributed by atoms with Crippen molar-refractivity contribution in [1.29, 1.82) is 0 Å². The van der Waals surface area contributed by atoms with Crippen molar-refractivity contribution in [2.45, 2.75) is 33.1 Å². The van der Waals surface area contributed by atoms with E-state index in [9.17, 15) is 4.79 Å². The monoisotopic (exact) mass is 230 g/mol. The van der Waals surface area contributed by atoms with Gasteiger partial charge in [0.15, 0.2) is 11.6 Å². The summed E-state index contributed by atoms with van der Waals surface area (Å²) >= 11 is 0. The van der Waals surface area contributed by atoms with Gasteiger partial charge in [0.25, 0.3) is 5.78 Å². The molecule has 0 unspecified atom stereocenters. The highest BCUT2D eigenvalue weighted by Crippen LogP contribution is 2.23. The molecule has 3 rings (SSSR count). The first-order valence-corrected chi connectivity index (χ1v) is 5.95. The van der Waals surface area contributed by atoms with Gasteiger partial charge in [0, 0.05) is 19.0 Å². The Morgan fingerprint density at radius 3 is 3.00 bits per heavy atom. The van der Waals surface area contributed by atoms with Gasteiger partial charge in [-0.15, -0.1) is 5.10 Å². The average Bonchev–Trinajstić information content (AvgIpc) is 2.68. The normalized spacial score (nSPS) is 19.6. The fraction of sp³-hybridized carbons (Fsp3) is 0.500. The lowest BCUT2D eigenvalue weighted by molar-refractivity contribution is 0.0951. The van der Waals surface area contributed by atoms with Gasteiger partial charge in [-0.2, -0.15) is 4.98 Å². The largest absolute Gasteiger partial charge is 0.294 e.